The van der Waals surface area contributed by atoms with E-state index in [1.807, 2.05) is 35.2 Å². The first-order valence-corrected chi connectivity index (χ1v) is 12.8. The first-order valence-electron chi connectivity index (χ1n) is 12.8. The molecule has 4 fully saturated rings. The number of hydrogen-bond acceptors (Lipinski definition) is 5. The van der Waals surface area contributed by atoms with Crippen molar-refractivity contribution in [1.29, 1.82) is 0 Å². The van der Waals surface area contributed by atoms with Gasteiger partial charge >= 0.3 is 6.03 Å². The Bertz CT molecular complexity index is 1150. The maximum atomic E-state index is 13.9. The van der Waals surface area contributed by atoms with Crippen LogP contribution in [0.3, 0.4) is 0 Å². The lowest BCUT2D eigenvalue weighted by Gasteiger charge is -2.52. The number of piperidine rings is 1. The Morgan fingerprint density at radius 1 is 0.971 bits per heavy atom. The van der Waals surface area contributed by atoms with Gasteiger partial charge in [-0.05, 0) is 42.1 Å². The predicted octanol–water partition coefficient (Wildman–Crippen LogP) is 2.09. The number of nitrogens with one attached hydrogen (secondary N) is 1. The van der Waals surface area contributed by atoms with Gasteiger partial charge in [-0.3, -0.25) is 24.7 Å². The van der Waals surface area contributed by atoms with Crippen LogP contribution in [0.15, 0.2) is 42.5 Å². The number of piperazine rings is 1. The molecular formula is C27H33N5O3. The van der Waals surface area contributed by atoms with E-state index >= 15 is 0 Å². The van der Waals surface area contributed by atoms with Crippen molar-refractivity contribution in [2.75, 3.05) is 39.8 Å². The second-order valence-corrected chi connectivity index (χ2v) is 10.4. The van der Waals surface area contributed by atoms with E-state index in [0.717, 1.165) is 68.3 Å². The fraction of sp³-hybridized carbons (Fsp3) is 0.519. The molecule has 35 heavy (non-hydrogen) atoms. The van der Waals surface area contributed by atoms with Crippen LogP contribution in [0.5, 0.6) is 0 Å². The molecule has 1 N–H and O–H groups in total. The lowest BCUT2D eigenvalue weighted by atomic mass is 9.85. The molecule has 3 heterocycles. The molecule has 3 saturated heterocycles. The van der Waals surface area contributed by atoms with Crippen molar-refractivity contribution in [3.05, 3.63) is 48.0 Å². The Kier molecular flexibility index (Phi) is 5.73. The molecule has 8 nitrogen and oxygen atoms in total. The Morgan fingerprint density at radius 2 is 1.71 bits per heavy atom. The van der Waals surface area contributed by atoms with E-state index in [4.69, 9.17) is 0 Å². The number of imide groups is 1. The van der Waals surface area contributed by atoms with Crippen molar-refractivity contribution < 1.29 is 14.4 Å². The summed E-state index contributed by atoms with van der Waals surface area (Å²) < 4.78 is 0. The van der Waals surface area contributed by atoms with E-state index in [9.17, 15) is 14.4 Å². The topological polar surface area (TPSA) is 76.2 Å². The molecule has 2 aromatic rings. The van der Waals surface area contributed by atoms with E-state index in [1.54, 1.807) is 11.9 Å². The van der Waals surface area contributed by atoms with Gasteiger partial charge in [0.05, 0.1) is 18.6 Å². The van der Waals surface area contributed by atoms with E-state index < -0.39 is 0 Å². The van der Waals surface area contributed by atoms with Gasteiger partial charge in [0.15, 0.2) is 0 Å². The summed E-state index contributed by atoms with van der Waals surface area (Å²) in [6.07, 6.45) is 2.61. The monoisotopic (exact) mass is 475 g/mol. The van der Waals surface area contributed by atoms with E-state index in [1.165, 1.54) is 4.90 Å². The van der Waals surface area contributed by atoms with Crippen molar-refractivity contribution in [3.8, 4) is 0 Å². The highest BCUT2D eigenvalue weighted by Crippen LogP contribution is 2.34. The molecule has 8 heteroatoms. The van der Waals surface area contributed by atoms with Crippen LogP contribution in [0, 0.1) is 11.8 Å². The number of urea groups is 1. The van der Waals surface area contributed by atoms with Gasteiger partial charge in [0.2, 0.25) is 11.8 Å². The summed E-state index contributed by atoms with van der Waals surface area (Å²) in [5.74, 6) is 0.118. The van der Waals surface area contributed by atoms with Crippen molar-refractivity contribution in [2.45, 2.75) is 38.0 Å². The summed E-state index contributed by atoms with van der Waals surface area (Å²) in [5.41, 5.74) is 0.976. The molecule has 1 aliphatic carbocycles. The highest BCUT2D eigenvalue weighted by atomic mass is 16.2. The maximum absolute atomic E-state index is 13.9. The smallest absolute Gasteiger partial charge is 0.328 e. The molecule has 6 rings (SSSR count). The van der Waals surface area contributed by atoms with Crippen LogP contribution in [-0.4, -0.2) is 89.4 Å². The zero-order valence-corrected chi connectivity index (χ0v) is 20.2. The number of fused-ring (bicyclic) bond motifs is 2. The number of nitrogens with zero attached hydrogens (tertiary/aromatic N) is 4. The standard InChI is InChI=1S/C27H33N5O3/c1-29-24-23(22(11-12-28-24)30-13-15-31(16-14-30)25(33)19-9-10-19)26(34)32(27(29)35)17-20-7-4-6-18-5-2-3-8-21(18)20/h2-8,19,22-24,28H,9-17H2,1H3. The van der Waals surface area contributed by atoms with Crippen LogP contribution in [0.1, 0.15) is 24.8 Å². The summed E-state index contributed by atoms with van der Waals surface area (Å²) in [6, 6.07) is 13.9. The molecule has 0 radical (unpaired) electrons. The molecule has 0 aromatic heterocycles. The molecule has 3 unspecified atom stereocenters. The Labute approximate surface area is 205 Å². The molecular weight excluding hydrogens is 442 g/mol. The molecule has 184 valence electrons. The quantitative estimate of drug-likeness (QED) is 0.733. The second kappa shape index (κ2) is 8.91. The largest absolute Gasteiger partial charge is 0.340 e. The summed E-state index contributed by atoms with van der Waals surface area (Å²) >= 11 is 0. The van der Waals surface area contributed by atoms with Crippen LogP contribution in [0.2, 0.25) is 0 Å². The lowest BCUT2D eigenvalue weighted by molar-refractivity contribution is -0.147. The minimum absolute atomic E-state index is 0.0532. The number of hydrogen-bond donors (Lipinski definition) is 1. The first-order chi connectivity index (χ1) is 17.0. The van der Waals surface area contributed by atoms with Gasteiger partial charge in [0.25, 0.3) is 0 Å². The van der Waals surface area contributed by atoms with Gasteiger partial charge in [-0.15, -0.1) is 0 Å². The third kappa shape index (κ3) is 3.98. The summed E-state index contributed by atoms with van der Waals surface area (Å²) in [7, 11) is 1.80. The van der Waals surface area contributed by atoms with Gasteiger partial charge in [-0.1, -0.05) is 42.5 Å². The summed E-state index contributed by atoms with van der Waals surface area (Å²) in [4.78, 5) is 47.3. The zero-order chi connectivity index (χ0) is 24.1. The molecule has 4 amide bonds. The van der Waals surface area contributed by atoms with E-state index in [-0.39, 0.29) is 42.5 Å². The number of carbonyl (C=O) groups excluding carboxylic acids is 3. The average molecular weight is 476 g/mol. The Hall–Kier alpha value is -2.97. The van der Waals surface area contributed by atoms with Crippen molar-refractivity contribution in [1.82, 2.24) is 24.9 Å². The number of rotatable bonds is 4. The molecule has 4 aliphatic rings. The third-order valence-corrected chi connectivity index (χ3v) is 8.28. The number of carbonyl (C=O) groups is 3. The van der Waals surface area contributed by atoms with Crippen LogP contribution in [0.25, 0.3) is 10.8 Å². The van der Waals surface area contributed by atoms with Gasteiger partial charge in [-0.25, -0.2) is 4.79 Å². The number of amides is 4. The third-order valence-electron chi connectivity index (χ3n) is 8.28. The number of benzene rings is 2. The zero-order valence-electron chi connectivity index (χ0n) is 20.2. The van der Waals surface area contributed by atoms with E-state index in [2.05, 4.69) is 22.3 Å². The first kappa shape index (κ1) is 22.5. The highest BCUT2D eigenvalue weighted by Gasteiger charge is 2.51. The summed E-state index contributed by atoms with van der Waals surface area (Å²) in [6.45, 7) is 4.03. The predicted molar refractivity (Wildman–Crippen MR) is 132 cm³/mol. The van der Waals surface area contributed by atoms with E-state index in [0.29, 0.717) is 5.91 Å². The molecule has 1 saturated carbocycles. The Balaban J connectivity index is 1.23. The molecule has 0 spiro atoms. The SMILES string of the molecule is CN1C(=O)N(Cc2cccc3ccccc23)C(=O)C2C(N3CCN(C(=O)C4CC4)CC3)CCNC21. The Morgan fingerprint density at radius 3 is 2.49 bits per heavy atom. The summed E-state index contributed by atoms with van der Waals surface area (Å²) in [5, 5.41) is 5.60. The van der Waals surface area contributed by atoms with Gasteiger partial charge in [0.1, 0.15) is 0 Å². The highest BCUT2D eigenvalue weighted by molar-refractivity contribution is 5.99. The molecule has 3 atom stereocenters. The van der Waals surface area contributed by atoms with Gasteiger partial charge in [-0.2, -0.15) is 0 Å². The average Bonchev–Trinajstić information content (AvgIpc) is 3.75. The van der Waals surface area contributed by atoms with Crippen molar-refractivity contribution >= 4 is 28.6 Å². The van der Waals surface area contributed by atoms with Gasteiger partial charge < -0.3 is 9.80 Å². The fourth-order valence-electron chi connectivity index (χ4n) is 6.18. The van der Waals surface area contributed by atoms with Gasteiger partial charge in [0, 0.05) is 45.2 Å². The van der Waals surface area contributed by atoms with Crippen LogP contribution in [-0.2, 0) is 16.1 Å². The lowest BCUT2D eigenvalue weighted by Crippen LogP contribution is -2.71. The van der Waals surface area contributed by atoms with Crippen LogP contribution in [0.4, 0.5) is 4.79 Å². The minimum Gasteiger partial charge on any atom is -0.340 e. The van der Waals surface area contributed by atoms with Crippen LogP contribution >= 0.6 is 0 Å². The van der Waals surface area contributed by atoms with Crippen molar-refractivity contribution in [2.24, 2.45) is 11.8 Å². The normalized spacial score (nSPS) is 27.9. The molecule has 3 aliphatic heterocycles. The molecule has 0 bridgehead atoms. The second-order valence-electron chi connectivity index (χ2n) is 10.4. The molecule has 2 aromatic carbocycles. The van der Waals surface area contributed by atoms with Crippen molar-refractivity contribution in [3.63, 3.8) is 0 Å². The van der Waals surface area contributed by atoms with Crippen LogP contribution < -0.4 is 5.32 Å². The maximum Gasteiger partial charge on any atom is 0.328 e. The minimum atomic E-state index is -0.327. The fourth-order valence-corrected chi connectivity index (χ4v) is 6.18.